The molecular weight excluding hydrogens is 376 g/mol. The van der Waals surface area contributed by atoms with E-state index in [1.807, 2.05) is 0 Å². The number of rotatable bonds is 5. The van der Waals surface area contributed by atoms with Crippen molar-refractivity contribution in [1.82, 2.24) is 0 Å². The molecule has 0 spiro atoms. The number of esters is 1. The fourth-order valence-corrected chi connectivity index (χ4v) is 2.61. The summed E-state index contributed by atoms with van der Waals surface area (Å²) in [4.78, 5) is 36.0. The summed E-state index contributed by atoms with van der Waals surface area (Å²) in [7, 11) is 0. The number of amides is 1. The second-order valence-electron chi connectivity index (χ2n) is 5.66. The number of nitrogen functional groups attached to an aromatic ring is 1. The summed E-state index contributed by atoms with van der Waals surface area (Å²) < 4.78 is 15.4. The molecule has 9 heteroatoms. The van der Waals surface area contributed by atoms with Gasteiger partial charge in [0.05, 0.1) is 11.3 Å². The molecule has 0 saturated heterocycles. The molecule has 0 aromatic heterocycles. The normalized spacial score (nSPS) is 11.8. The SMILES string of the molecule is CC(=O)c1cc2c(cc1NC(=O)COC(=O)c1cc(Cl)ccc1N)OCO2. The third-order valence-electron chi connectivity index (χ3n) is 3.74. The fourth-order valence-electron chi connectivity index (χ4n) is 2.44. The average Bonchev–Trinajstić information content (AvgIpc) is 3.08. The van der Waals surface area contributed by atoms with Gasteiger partial charge in [0.25, 0.3) is 5.91 Å². The summed E-state index contributed by atoms with van der Waals surface area (Å²) in [5, 5.41) is 2.84. The van der Waals surface area contributed by atoms with Gasteiger partial charge in [-0.3, -0.25) is 9.59 Å². The van der Waals surface area contributed by atoms with Crippen LogP contribution >= 0.6 is 11.6 Å². The van der Waals surface area contributed by atoms with E-state index in [0.29, 0.717) is 16.5 Å². The van der Waals surface area contributed by atoms with Gasteiger partial charge in [0.15, 0.2) is 23.9 Å². The number of nitrogens with two attached hydrogens (primary N) is 1. The largest absolute Gasteiger partial charge is 0.454 e. The smallest absolute Gasteiger partial charge is 0.340 e. The maximum atomic E-state index is 12.1. The molecule has 1 amide bonds. The summed E-state index contributed by atoms with van der Waals surface area (Å²) >= 11 is 5.83. The quantitative estimate of drug-likeness (QED) is 0.457. The average molecular weight is 391 g/mol. The minimum Gasteiger partial charge on any atom is -0.454 e. The Balaban J connectivity index is 1.68. The molecule has 0 bridgehead atoms. The van der Waals surface area contributed by atoms with E-state index in [9.17, 15) is 14.4 Å². The second kappa shape index (κ2) is 7.55. The molecule has 0 fully saturated rings. The molecule has 0 saturated carbocycles. The van der Waals surface area contributed by atoms with Crippen molar-refractivity contribution in [1.29, 1.82) is 0 Å². The van der Waals surface area contributed by atoms with Gasteiger partial charge in [-0.1, -0.05) is 11.6 Å². The van der Waals surface area contributed by atoms with Gasteiger partial charge in [0.2, 0.25) is 6.79 Å². The number of carbonyl (C=O) groups excluding carboxylic acids is 3. The van der Waals surface area contributed by atoms with E-state index >= 15 is 0 Å². The van der Waals surface area contributed by atoms with Gasteiger partial charge < -0.3 is 25.3 Å². The number of benzene rings is 2. The number of hydrogen-bond acceptors (Lipinski definition) is 7. The van der Waals surface area contributed by atoms with Gasteiger partial charge in [0.1, 0.15) is 0 Å². The van der Waals surface area contributed by atoms with Crippen molar-refractivity contribution in [2.75, 3.05) is 24.5 Å². The minimum absolute atomic E-state index is 0.0305. The Bertz CT molecular complexity index is 944. The molecule has 2 aromatic rings. The van der Waals surface area contributed by atoms with Crippen molar-refractivity contribution >= 4 is 40.6 Å². The third kappa shape index (κ3) is 4.12. The van der Waals surface area contributed by atoms with Crippen LogP contribution < -0.4 is 20.5 Å². The fraction of sp³-hybridized carbons (Fsp3) is 0.167. The molecule has 0 atom stereocenters. The van der Waals surface area contributed by atoms with Crippen LogP contribution in [0.2, 0.25) is 5.02 Å². The van der Waals surface area contributed by atoms with Crippen molar-refractivity contribution in [2.45, 2.75) is 6.92 Å². The molecule has 1 aliphatic rings. The highest BCUT2D eigenvalue weighted by atomic mass is 35.5. The van der Waals surface area contributed by atoms with Gasteiger partial charge in [-0.15, -0.1) is 0 Å². The zero-order valence-corrected chi connectivity index (χ0v) is 15.0. The lowest BCUT2D eigenvalue weighted by Gasteiger charge is -2.11. The van der Waals surface area contributed by atoms with Crippen LogP contribution in [0.5, 0.6) is 11.5 Å². The third-order valence-corrected chi connectivity index (χ3v) is 3.97. The van der Waals surface area contributed by atoms with Crippen LogP contribution in [-0.2, 0) is 9.53 Å². The van der Waals surface area contributed by atoms with E-state index in [4.69, 9.17) is 31.5 Å². The highest BCUT2D eigenvalue weighted by molar-refractivity contribution is 6.31. The van der Waals surface area contributed by atoms with Crippen molar-refractivity contribution in [2.24, 2.45) is 0 Å². The topological polar surface area (TPSA) is 117 Å². The van der Waals surface area contributed by atoms with Gasteiger partial charge in [-0.25, -0.2) is 4.79 Å². The molecule has 0 aliphatic carbocycles. The number of fused-ring (bicyclic) bond motifs is 1. The predicted octanol–water partition coefficient (Wildman–Crippen LogP) is 2.65. The summed E-state index contributed by atoms with van der Waals surface area (Å²) in [6, 6.07) is 7.31. The summed E-state index contributed by atoms with van der Waals surface area (Å²) in [6.45, 7) is 0.814. The number of ether oxygens (including phenoxy) is 3. The molecule has 0 unspecified atom stereocenters. The Morgan fingerprint density at radius 3 is 2.56 bits per heavy atom. The zero-order valence-electron chi connectivity index (χ0n) is 14.2. The minimum atomic E-state index is -0.789. The van der Waals surface area contributed by atoms with Gasteiger partial charge in [-0.05, 0) is 31.2 Å². The molecule has 8 nitrogen and oxygen atoms in total. The molecule has 1 heterocycles. The van der Waals surface area contributed by atoms with E-state index in [1.54, 1.807) is 0 Å². The Kier molecular flexibility index (Phi) is 5.18. The van der Waals surface area contributed by atoms with Gasteiger partial charge >= 0.3 is 5.97 Å². The second-order valence-corrected chi connectivity index (χ2v) is 6.10. The van der Waals surface area contributed by atoms with Crippen molar-refractivity contribution in [3.8, 4) is 11.5 Å². The lowest BCUT2D eigenvalue weighted by Crippen LogP contribution is -2.22. The van der Waals surface area contributed by atoms with E-state index in [1.165, 1.54) is 37.3 Å². The van der Waals surface area contributed by atoms with Crippen LogP contribution in [0, 0.1) is 0 Å². The molecule has 27 heavy (non-hydrogen) atoms. The van der Waals surface area contributed by atoms with E-state index in [-0.39, 0.29) is 35.1 Å². The first-order valence-electron chi connectivity index (χ1n) is 7.81. The maximum absolute atomic E-state index is 12.1. The van der Waals surface area contributed by atoms with Crippen molar-refractivity contribution < 1.29 is 28.6 Å². The summed E-state index contributed by atoms with van der Waals surface area (Å²) in [5.41, 5.74) is 6.42. The lowest BCUT2D eigenvalue weighted by molar-refractivity contribution is -0.119. The lowest BCUT2D eigenvalue weighted by atomic mass is 10.1. The molecule has 3 rings (SSSR count). The van der Waals surface area contributed by atoms with Gasteiger partial charge in [0, 0.05) is 22.3 Å². The Morgan fingerprint density at radius 2 is 1.85 bits per heavy atom. The van der Waals surface area contributed by atoms with E-state index < -0.39 is 18.5 Å². The maximum Gasteiger partial charge on any atom is 0.340 e. The Labute approximate surface area is 159 Å². The van der Waals surface area contributed by atoms with E-state index in [0.717, 1.165) is 0 Å². The first kappa shape index (κ1) is 18.5. The highest BCUT2D eigenvalue weighted by Crippen LogP contribution is 2.37. The highest BCUT2D eigenvalue weighted by Gasteiger charge is 2.21. The number of anilines is 2. The molecule has 140 valence electrons. The van der Waals surface area contributed by atoms with Crippen LogP contribution in [-0.4, -0.2) is 31.1 Å². The molecule has 0 radical (unpaired) electrons. The number of hydrogen-bond donors (Lipinski definition) is 2. The molecule has 1 aliphatic heterocycles. The monoisotopic (exact) mass is 390 g/mol. The standard InChI is InChI=1S/C18H15ClN2O6/c1-9(22)11-5-15-16(27-8-26-15)6-14(11)21-17(23)7-25-18(24)12-4-10(19)2-3-13(12)20/h2-6H,7-8,20H2,1H3,(H,21,23). The number of halogens is 1. The number of ketones is 1. The van der Waals surface area contributed by atoms with Gasteiger partial charge in [-0.2, -0.15) is 0 Å². The number of Topliss-reactive ketones (excluding diaryl/α,β-unsaturated/α-hetero) is 1. The van der Waals surface area contributed by atoms with Crippen LogP contribution in [0.4, 0.5) is 11.4 Å². The first-order valence-corrected chi connectivity index (χ1v) is 8.19. The Hall–Kier alpha value is -3.26. The van der Waals surface area contributed by atoms with Crippen molar-refractivity contribution in [3.05, 3.63) is 46.5 Å². The number of carbonyl (C=O) groups is 3. The van der Waals surface area contributed by atoms with Crippen LogP contribution in [0.15, 0.2) is 30.3 Å². The first-order chi connectivity index (χ1) is 12.8. The van der Waals surface area contributed by atoms with Crippen molar-refractivity contribution in [3.63, 3.8) is 0 Å². The molecule has 2 aromatic carbocycles. The van der Waals surface area contributed by atoms with Crippen LogP contribution in [0.3, 0.4) is 0 Å². The summed E-state index contributed by atoms with van der Waals surface area (Å²) in [5.74, 6) is -0.875. The van der Waals surface area contributed by atoms with Crippen LogP contribution in [0.25, 0.3) is 0 Å². The summed E-state index contributed by atoms with van der Waals surface area (Å²) in [6.07, 6.45) is 0. The molecular formula is C18H15ClN2O6. The number of nitrogens with one attached hydrogen (secondary N) is 1. The Morgan fingerprint density at radius 1 is 1.15 bits per heavy atom. The molecule has 3 N–H and O–H groups in total. The predicted molar refractivity (Wildman–Crippen MR) is 97.3 cm³/mol. The van der Waals surface area contributed by atoms with Crippen LogP contribution in [0.1, 0.15) is 27.6 Å². The zero-order chi connectivity index (χ0) is 19.6. The van der Waals surface area contributed by atoms with E-state index in [2.05, 4.69) is 5.32 Å².